The summed E-state index contributed by atoms with van der Waals surface area (Å²) in [5.74, 6) is 0.524. The number of hydrogen-bond donors (Lipinski definition) is 1. The van der Waals surface area contributed by atoms with Crippen LogP contribution in [0.2, 0.25) is 5.02 Å². The largest absolute Gasteiger partial charge is 0.260 e. The molecule has 0 atom stereocenters. The summed E-state index contributed by atoms with van der Waals surface area (Å²) in [4.78, 5) is 8.12. The monoisotopic (exact) mass is 232 g/mol. The van der Waals surface area contributed by atoms with E-state index in [0.29, 0.717) is 10.8 Å². The van der Waals surface area contributed by atoms with Gasteiger partial charge in [0.05, 0.1) is 16.9 Å². The highest BCUT2D eigenvalue weighted by atomic mass is 35.5. The summed E-state index contributed by atoms with van der Waals surface area (Å²) in [5, 5.41) is 4.52. The van der Waals surface area contributed by atoms with Crippen LogP contribution in [0.25, 0.3) is 0 Å². The Morgan fingerprint density at radius 3 is 2.75 bits per heavy atom. The van der Waals surface area contributed by atoms with E-state index in [-0.39, 0.29) is 0 Å². The summed E-state index contributed by atoms with van der Waals surface area (Å²) in [6.45, 7) is 0. The number of pyridine rings is 2. The molecular formula is C11H9ClN4. The van der Waals surface area contributed by atoms with Gasteiger partial charge in [0.1, 0.15) is 0 Å². The first kappa shape index (κ1) is 10.6. The molecule has 0 bridgehead atoms. The molecule has 80 valence electrons. The number of nitrogens with one attached hydrogen (secondary N) is 1. The van der Waals surface area contributed by atoms with Crippen molar-refractivity contribution in [2.24, 2.45) is 5.10 Å². The van der Waals surface area contributed by atoms with Gasteiger partial charge in [-0.3, -0.25) is 10.4 Å². The summed E-state index contributed by atoms with van der Waals surface area (Å²) < 4.78 is 0. The molecule has 0 unspecified atom stereocenters. The Morgan fingerprint density at radius 1 is 1.12 bits per heavy atom. The summed E-state index contributed by atoms with van der Waals surface area (Å²) in [5.41, 5.74) is 3.51. The van der Waals surface area contributed by atoms with Crippen LogP contribution in [0.5, 0.6) is 0 Å². The van der Waals surface area contributed by atoms with Crippen LogP contribution in [0, 0.1) is 0 Å². The molecule has 0 saturated heterocycles. The van der Waals surface area contributed by atoms with Crippen molar-refractivity contribution in [3.8, 4) is 0 Å². The van der Waals surface area contributed by atoms with Gasteiger partial charge in [-0.1, -0.05) is 17.7 Å². The molecule has 0 amide bonds. The molecule has 4 nitrogen and oxygen atoms in total. The van der Waals surface area contributed by atoms with Gasteiger partial charge in [-0.2, -0.15) is 5.10 Å². The molecule has 0 radical (unpaired) electrons. The molecule has 2 heterocycles. The van der Waals surface area contributed by atoms with Crippen molar-refractivity contribution in [1.82, 2.24) is 9.97 Å². The average Bonchev–Trinajstić information content (AvgIpc) is 2.33. The standard InChI is InChI=1S/C11H9ClN4/c12-10-5-3-7-14-11(10)16-15-8-9-4-1-2-6-13-9/h1-8H,(H,14,16)/b15-8+. The van der Waals surface area contributed by atoms with Crippen molar-refractivity contribution in [3.05, 3.63) is 53.4 Å². The van der Waals surface area contributed by atoms with Gasteiger partial charge in [-0.15, -0.1) is 0 Å². The zero-order valence-corrected chi connectivity index (χ0v) is 9.09. The highest BCUT2D eigenvalue weighted by Gasteiger charge is 1.96. The lowest BCUT2D eigenvalue weighted by atomic mass is 10.4. The number of nitrogens with zero attached hydrogens (tertiary/aromatic N) is 3. The summed E-state index contributed by atoms with van der Waals surface area (Å²) in [6.07, 6.45) is 4.95. The highest BCUT2D eigenvalue weighted by molar-refractivity contribution is 6.32. The molecular weight excluding hydrogens is 224 g/mol. The van der Waals surface area contributed by atoms with Crippen LogP contribution in [0.3, 0.4) is 0 Å². The van der Waals surface area contributed by atoms with Crippen LogP contribution in [-0.2, 0) is 0 Å². The van der Waals surface area contributed by atoms with E-state index >= 15 is 0 Å². The lowest BCUT2D eigenvalue weighted by Crippen LogP contribution is -1.94. The molecule has 0 fully saturated rings. The Kier molecular flexibility index (Phi) is 3.46. The minimum absolute atomic E-state index is 0.524. The molecule has 2 aromatic rings. The van der Waals surface area contributed by atoms with Crippen LogP contribution >= 0.6 is 11.6 Å². The number of hydrogen-bond acceptors (Lipinski definition) is 4. The number of anilines is 1. The maximum Gasteiger partial charge on any atom is 0.165 e. The average molecular weight is 233 g/mol. The number of aromatic nitrogens is 2. The minimum Gasteiger partial charge on any atom is -0.260 e. The summed E-state index contributed by atoms with van der Waals surface area (Å²) in [7, 11) is 0. The van der Waals surface area contributed by atoms with Gasteiger partial charge in [0, 0.05) is 12.4 Å². The predicted molar refractivity (Wildman–Crippen MR) is 64.7 cm³/mol. The van der Waals surface area contributed by atoms with E-state index in [1.165, 1.54) is 0 Å². The normalized spacial score (nSPS) is 10.6. The fourth-order valence-electron chi connectivity index (χ4n) is 1.08. The Hall–Kier alpha value is -1.94. The molecule has 0 spiro atoms. The van der Waals surface area contributed by atoms with Crippen LogP contribution < -0.4 is 5.43 Å². The van der Waals surface area contributed by atoms with Gasteiger partial charge in [0.2, 0.25) is 0 Å². The van der Waals surface area contributed by atoms with Crippen LogP contribution in [0.1, 0.15) is 5.69 Å². The fraction of sp³-hybridized carbons (Fsp3) is 0. The Bertz CT molecular complexity index is 484. The van der Waals surface area contributed by atoms with Gasteiger partial charge < -0.3 is 0 Å². The first-order valence-electron chi connectivity index (χ1n) is 4.67. The van der Waals surface area contributed by atoms with E-state index in [4.69, 9.17) is 11.6 Å². The quantitative estimate of drug-likeness (QED) is 0.654. The van der Waals surface area contributed by atoms with E-state index in [1.54, 1.807) is 30.7 Å². The second-order valence-electron chi connectivity index (χ2n) is 2.96. The lowest BCUT2D eigenvalue weighted by molar-refractivity contribution is 1.22. The second kappa shape index (κ2) is 5.23. The maximum absolute atomic E-state index is 5.89. The molecule has 0 aliphatic carbocycles. The molecule has 0 aliphatic heterocycles. The first-order valence-corrected chi connectivity index (χ1v) is 5.05. The predicted octanol–water partition coefficient (Wildman–Crippen LogP) is 2.58. The summed E-state index contributed by atoms with van der Waals surface area (Å²) >= 11 is 5.89. The fourth-order valence-corrected chi connectivity index (χ4v) is 1.24. The van der Waals surface area contributed by atoms with Gasteiger partial charge in [0.25, 0.3) is 0 Å². The lowest BCUT2D eigenvalue weighted by Gasteiger charge is -1.99. The van der Waals surface area contributed by atoms with E-state index in [9.17, 15) is 0 Å². The van der Waals surface area contributed by atoms with E-state index < -0.39 is 0 Å². The van der Waals surface area contributed by atoms with Gasteiger partial charge >= 0.3 is 0 Å². The third-order valence-corrected chi connectivity index (χ3v) is 2.12. The van der Waals surface area contributed by atoms with Gasteiger partial charge in [-0.05, 0) is 24.3 Å². The van der Waals surface area contributed by atoms with Crippen molar-refractivity contribution in [2.45, 2.75) is 0 Å². The van der Waals surface area contributed by atoms with Crippen molar-refractivity contribution < 1.29 is 0 Å². The summed E-state index contributed by atoms with van der Waals surface area (Å²) in [6, 6.07) is 9.09. The van der Waals surface area contributed by atoms with Crippen LogP contribution in [0.15, 0.2) is 47.8 Å². The topological polar surface area (TPSA) is 50.2 Å². The second-order valence-corrected chi connectivity index (χ2v) is 3.37. The molecule has 5 heteroatoms. The molecule has 0 aromatic carbocycles. The molecule has 2 aromatic heterocycles. The molecule has 0 aliphatic rings. The highest BCUT2D eigenvalue weighted by Crippen LogP contribution is 2.16. The third kappa shape index (κ3) is 2.77. The smallest absolute Gasteiger partial charge is 0.165 e. The van der Waals surface area contributed by atoms with Gasteiger partial charge in [0.15, 0.2) is 5.82 Å². The third-order valence-electron chi connectivity index (χ3n) is 1.81. The molecule has 16 heavy (non-hydrogen) atoms. The number of rotatable bonds is 3. The number of halogens is 1. The van der Waals surface area contributed by atoms with E-state index in [0.717, 1.165) is 5.69 Å². The Labute approximate surface area is 98.0 Å². The zero-order valence-electron chi connectivity index (χ0n) is 8.34. The van der Waals surface area contributed by atoms with Crippen molar-refractivity contribution >= 4 is 23.6 Å². The maximum atomic E-state index is 5.89. The van der Waals surface area contributed by atoms with Crippen LogP contribution in [0.4, 0.5) is 5.82 Å². The van der Waals surface area contributed by atoms with Crippen molar-refractivity contribution in [2.75, 3.05) is 5.43 Å². The Balaban J connectivity index is 2.03. The molecule has 0 saturated carbocycles. The van der Waals surface area contributed by atoms with Crippen LogP contribution in [-0.4, -0.2) is 16.2 Å². The van der Waals surface area contributed by atoms with Crippen molar-refractivity contribution in [3.63, 3.8) is 0 Å². The first-order chi connectivity index (χ1) is 7.86. The van der Waals surface area contributed by atoms with E-state index in [2.05, 4.69) is 20.5 Å². The molecule has 2 rings (SSSR count). The Morgan fingerprint density at radius 2 is 2.00 bits per heavy atom. The van der Waals surface area contributed by atoms with Crippen molar-refractivity contribution in [1.29, 1.82) is 0 Å². The SMILES string of the molecule is Clc1cccnc1N/N=C/c1ccccn1. The number of hydrazone groups is 1. The minimum atomic E-state index is 0.524. The molecule has 1 N–H and O–H groups in total. The van der Waals surface area contributed by atoms with Gasteiger partial charge in [-0.25, -0.2) is 4.98 Å². The zero-order chi connectivity index (χ0) is 11.2. The van der Waals surface area contributed by atoms with E-state index in [1.807, 2.05) is 18.2 Å².